The maximum absolute atomic E-state index is 5.35. The van der Waals surface area contributed by atoms with Gasteiger partial charge in [0.25, 0.3) is 0 Å². The van der Waals surface area contributed by atoms with Crippen molar-refractivity contribution >= 4 is 17.3 Å². The van der Waals surface area contributed by atoms with Gasteiger partial charge in [0, 0.05) is 38.0 Å². The summed E-state index contributed by atoms with van der Waals surface area (Å²) in [6.07, 6.45) is 5.09. The Morgan fingerprint density at radius 2 is 2.16 bits per heavy atom. The fraction of sp³-hybridized carbons (Fsp3) is 0.526. The largest absolute Gasteiger partial charge is 0.469 e. The molecule has 2 aromatic heterocycles. The molecule has 3 heterocycles. The summed E-state index contributed by atoms with van der Waals surface area (Å²) in [6, 6.07) is 8.30. The molecular weight excluding hydrogens is 332 g/mol. The fourth-order valence-electron chi connectivity index (χ4n) is 3.19. The lowest BCUT2D eigenvalue weighted by Crippen LogP contribution is -2.43. The molecule has 5 nitrogen and oxygen atoms in total. The number of aliphatic imine (C=N–C) groups is 1. The number of likely N-dealkylation sites (tertiary alicyclic amines) is 1. The van der Waals surface area contributed by atoms with Gasteiger partial charge in [-0.3, -0.25) is 9.89 Å². The van der Waals surface area contributed by atoms with Gasteiger partial charge in [-0.15, -0.1) is 11.3 Å². The predicted octanol–water partition coefficient (Wildman–Crippen LogP) is 2.96. The summed E-state index contributed by atoms with van der Waals surface area (Å²) in [4.78, 5) is 8.35. The highest BCUT2D eigenvalue weighted by Gasteiger charge is 2.19. The molecule has 0 aromatic carbocycles. The van der Waals surface area contributed by atoms with E-state index in [1.165, 1.54) is 30.8 Å². The van der Waals surface area contributed by atoms with E-state index >= 15 is 0 Å². The molecule has 0 radical (unpaired) electrons. The summed E-state index contributed by atoms with van der Waals surface area (Å²) in [5.41, 5.74) is 0. The Morgan fingerprint density at radius 1 is 1.28 bits per heavy atom. The lowest BCUT2D eigenvalue weighted by Gasteiger charge is -2.32. The zero-order valence-corrected chi connectivity index (χ0v) is 15.7. The molecule has 1 aliphatic rings. The Labute approximate surface area is 154 Å². The van der Waals surface area contributed by atoms with E-state index in [0.717, 1.165) is 43.7 Å². The van der Waals surface area contributed by atoms with Crippen molar-refractivity contribution in [3.05, 3.63) is 46.5 Å². The predicted molar refractivity (Wildman–Crippen MR) is 104 cm³/mol. The monoisotopic (exact) mass is 360 g/mol. The third-order valence-electron chi connectivity index (χ3n) is 4.69. The van der Waals surface area contributed by atoms with E-state index in [2.05, 4.69) is 38.0 Å². The fourth-order valence-corrected chi connectivity index (χ4v) is 3.94. The van der Waals surface area contributed by atoms with Gasteiger partial charge in [0.2, 0.25) is 0 Å². The molecule has 0 atom stereocenters. The second kappa shape index (κ2) is 9.63. The van der Waals surface area contributed by atoms with Gasteiger partial charge in [-0.05, 0) is 55.4 Å². The number of nitrogens with one attached hydrogen (secondary N) is 2. The molecular formula is C19H28N4OS. The standard InChI is InChI=1S/C19H28N4OS/c1-20-19(21-9-6-17-4-2-12-24-17)22-14-16-7-10-23(11-8-16)15-18-5-3-13-25-18/h2-5,12-13,16H,6-11,14-15H2,1H3,(H2,20,21,22). The van der Waals surface area contributed by atoms with Crippen LogP contribution in [0.4, 0.5) is 0 Å². The molecule has 2 N–H and O–H groups in total. The van der Waals surface area contributed by atoms with Crippen molar-refractivity contribution in [3.63, 3.8) is 0 Å². The molecule has 0 saturated carbocycles. The molecule has 1 aliphatic heterocycles. The van der Waals surface area contributed by atoms with E-state index in [1.54, 1.807) is 6.26 Å². The number of rotatable bonds is 7. The lowest BCUT2D eigenvalue weighted by molar-refractivity contribution is 0.179. The summed E-state index contributed by atoms with van der Waals surface area (Å²) in [5.74, 6) is 2.61. The van der Waals surface area contributed by atoms with Gasteiger partial charge >= 0.3 is 0 Å². The van der Waals surface area contributed by atoms with E-state index in [1.807, 2.05) is 30.5 Å². The minimum Gasteiger partial charge on any atom is -0.469 e. The highest BCUT2D eigenvalue weighted by molar-refractivity contribution is 7.09. The number of piperidine rings is 1. The summed E-state index contributed by atoms with van der Waals surface area (Å²) in [6.45, 7) is 5.30. The minimum atomic E-state index is 0.725. The van der Waals surface area contributed by atoms with E-state index in [-0.39, 0.29) is 0 Å². The highest BCUT2D eigenvalue weighted by atomic mass is 32.1. The Hall–Kier alpha value is -1.79. The van der Waals surface area contributed by atoms with Crippen LogP contribution in [0.3, 0.4) is 0 Å². The van der Waals surface area contributed by atoms with Crippen LogP contribution in [-0.2, 0) is 13.0 Å². The molecule has 0 amide bonds. The van der Waals surface area contributed by atoms with Crippen molar-refractivity contribution in [2.75, 3.05) is 33.2 Å². The van der Waals surface area contributed by atoms with Crippen LogP contribution in [0, 0.1) is 5.92 Å². The highest BCUT2D eigenvalue weighted by Crippen LogP contribution is 2.20. The molecule has 0 spiro atoms. The maximum atomic E-state index is 5.35. The van der Waals surface area contributed by atoms with Gasteiger partial charge in [-0.1, -0.05) is 6.07 Å². The second-order valence-corrected chi connectivity index (χ2v) is 7.54. The first kappa shape index (κ1) is 18.0. The maximum Gasteiger partial charge on any atom is 0.190 e. The number of nitrogens with zero attached hydrogens (tertiary/aromatic N) is 2. The third kappa shape index (κ3) is 5.90. The molecule has 0 unspecified atom stereocenters. The van der Waals surface area contributed by atoms with Crippen molar-refractivity contribution < 1.29 is 4.42 Å². The molecule has 0 bridgehead atoms. The molecule has 0 aliphatic carbocycles. The van der Waals surface area contributed by atoms with Crippen molar-refractivity contribution in [1.82, 2.24) is 15.5 Å². The van der Waals surface area contributed by atoms with E-state index < -0.39 is 0 Å². The molecule has 1 fully saturated rings. The summed E-state index contributed by atoms with van der Waals surface area (Å²) >= 11 is 1.86. The molecule has 3 rings (SSSR count). The van der Waals surface area contributed by atoms with Crippen LogP contribution >= 0.6 is 11.3 Å². The molecule has 1 saturated heterocycles. The number of hydrogen-bond acceptors (Lipinski definition) is 4. The van der Waals surface area contributed by atoms with Gasteiger partial charge in [-0.25, -0.2) is 0 Å². The Morgan fingerprint density at radius 3 is 2.84 bits per heavy atom. The zero-order chi connectivity index (χ0) is 17.3. The first-order valence-corrected chi connectivity index (χ1v) is 9.93. The number of thiophene rings is 1. The average molecular weight is 361 g/mol. The summed E-state index contributed by atoms with van der Waals surface area (Å²) in [5, 5.41) is 8.99. The Balaban J connectivity index is 1.31. The van der Waals surface area contributed by atoms with Gasteiger partial charge in [0.05, 0.1) is 6.26 Å². The number of furan rings is 1. The van der Waals surface area contributed by atoms with Crippen LogP contribution < -0.4 is 10.6 Å². The van der Waals surface area contributed by atoms with Gasteiger partial charge < -0.3 is 15.1 Å². The van der Waals surface area contributed by atoms with Crippen molar-refractivity contribution in [2.45, 2.75) is 25.8 Å². The van der Waals surface area contributed by atoms with Crippen molar-refractivity contribution in [3.8, 4) is 0 Å². The number of guanidine groups is 1. The molecule has 6 heteroatoms. The number of hydrogen-bond donors (Lipinski definition) is 2. The first-order chi connectivity index (χ1) is 12.3. The molecule has 136 valence electrons. The minimum absolute atomic E-state index is 0.725. The lowest BCUT2D eigenvalue weighted by atomic mass is 9.97. The quantitative estimate of drug-likeness (QED) is 0.589. The molecule has 2 aromatic rings. The van der Waals surface area contributed by atoms with Crippen LogP contribution in [0.2, 0.25) is 0 Å². The van der Waals surface area contributed by atoms with Crippen molar-refractivity contribution in [1.29, 1.82) is 0 Å². The zero-order valence-electron chi connectivity index (χ0n) is 14.9. The van der Waals surface area contributed by atoms with Crippen LogP contribution in [0.5, 0.6) is 0 Å². The molecule has 25 heavy (non-hydrogen) atoms. The smallest absolute Gasteiger partial charge is 0.190 e. The average Bonchev–Trinajstić information content (AvgIpc) is 3.33. The van der Waals surface area contributed by atoms with E-state index in [4.69, 9.17) is 4.42 Å². The van der Waals surface area contributed by atoms with Crippen LogP contribution in [0.1, 0.15) is 23.5 Å². The first-order valence-electron chi connectivity index (χ1n) is 9.05. The normalized spacial score (nSPS) is 16.9. The third-order valence-corrected chi connectivity index (χ3v) is 5.55. The van der Waals surface area contributed by atoms with Gasteiger partial charge in [-0.2, -0.15) is 0 Å². The second-order valence-electron chi connectivity index (χ2n) is 6.51. The SMILES string of the molecule is CN=C(NCCc1ccco1)NCC1CCN(Cc2cccs2)CC1. The topological polar surface area (TPSA) is 52.8 Å². The van der Waals surface area contributed by atoms with Crippen LogP contribution in [0.15, 0.2) is 45.3 Å². The van der Waals surface area contributed by atoms with Crippen LogP contribution in [0.25, 0.3) is 0 Å². The van der Waals surface area contributed by atoms with Crippen LogP contribution in [-0.4, -0.2) is 44.1 Å². The Bertz CT molecular complexity index is 616. The van der Waals surface area contributed by atoms with Crippen molar-refractivity contribution in [2.24, 2.45) is 10.9 Å². The summed E-state index contributed by atoms with van der Waals surface area (Å²) < 4.78 is 5.35. The van der Waals surface area contributed by atoms with E-state index in [0.29, 0.717) is 0 Å². The van der Waals surface area contributed by atoms with Gasteiger partial charge in [0.15, 0.2) is 5.96 Å². The summed E-state index contributed by atoms with van der Waals surface area (Å²) in [7, 11) is 1.83. The van der Waals surface area contributed by atoms with Gasteiger partial charge in [0.1, 0.15) is 5.76 Å². The Kier molecular flexibility index (Phi) is 6.94. The van der Waals surface area contributed by atoms with E-state index in [9.17, 15) is 0 Å².